The zero-order valence-electron chi connectivity index (χ0n) is 13.0. The summed E-state index contributed by atoms with van der Waals surface area (Å²) in [4.78, 5) is 25.4. The number of furan rings is 1. The fraction of sp³-hybridized carbons (Fsp3) is 0.294. The van der Waals surface area contributed by atoms with Gasteiger partial charge in [0.05, 0.1) is 18.8 Å². The average molecular weight is 300 g/mol. The first-order chi connectivity index (χ1) is 10.5. The molecule has 0 aliphatic rings. The van der Waals surface area contributed by atoms with E-state index >= 15 is 0 Å². The smallest absolute Gasteiger partial charge is 0.241 e. The van der Waals surface area contributed by atoms with E-state index in [1.165, 1.54) is 6.92 Å². The van der Waals surface area contributed by atoms with Crippen molar-refractivity contribution in [2.75, 3.05) is 12.4 Å². The molecule has 5 heteroatoms. The first kappa shape index (κ1) is 16.0. The molecular formula is C17H20N2O3. The van der Waals surface area contributed by atoms with Crippen LogP contribution >= 0.6 is 0 Å². The summed E-state index contributed by atoms with van der Waals surface area (Å²) in [5, 5.41) is 2.85. The first-order valence-electron chi connectivity index (χ1n) is 7.12. The maximum Gasteiger partial charge on any atom is 0.241 e. The highest BCUT2D eigenvalue weighted by Gasteiger charge is 2.19. The first-order valence-corrected chi connectivity index (χ1v) is 7.12. The summed E-state index contributed by atoms with van der Waals surface area (Å²) < 4.78 is 5.28. The maximum atomic E-state index is 12.3. The van der Waals surface area contributed by atoms with E-state index in [0.29, 0.717) is 17.8 Å². The number of carbonyl (C=O) groups excluding carboxylic acids is 2. The third kappa shape index (κ3) is 4.05. The molecule has 0 unspecified atom stereocenters. The molecule has 0 spiro atoms. The quantitative estimate of drug-likeness (QED) is 0.833. The Bertz CT molecular complexity index is 632. The van der Waals surface area contributed by atoms with Crippen molar-refractivity contribution in [3.05, 3.63) is 54.0 Å². The van der Waals surface area contributed by atoms with Crippen molar-refractivity contribution >= 4 is 17.4 Å². The summed E-state index contributed by atoms with van der Waals surface area (Å²) in [6.07, 6.45) is 1.62. The molecule has 22 heavy (non-hydrogen) atoms. The predicted molar refractivity (Wildman–Crippen MR) is 84.7 cm³/mol. The van der Waals surface area contributed by atoms with Gasteiger partial charge in [-0.2, -0.15) is 0 Å². The Balaban J connectivity index is 1.94. The molecule has 0 bridgehead atoms. The van der Waals surface area contributed by atoms with Crippen LogP contribution in [-0.2, 0) is 11.3 Å². The van der Waals surface area contributed by atoms with E-state index in [0.717, 1.165) is 5.76 Å². The molecule has 1 heterocycles. The van der Waals surface area contributed by atoms with E-state index in [2.05, 4.69) is 5.32 Å². The van der Waals surface area contributed by atoms with Crippen LogP contribution in [0.4, 0.5) is 5.69 Å². The van der Waals surface area contributed by atoms with Gasteiger partial charge in [-0.3, -0.25) is 14.5 Å². The van der Waals surface area contributed by atoms with Crippen LogP contribution in [0.1, 0.15) is 30.0 Å². The molecule has 0 radical (unpaired) electrons. The predicted octanol–water partition coefficient (Wildman–Crippen LogP) is 2.94. The van der Waals surface area contributed by atoms with Gasteiger partial charge in [-0.25, -0.2) is 0 Å². The van der Waals surface area contributed by atoms with Crippen LogP contribution in [-0.4, -0.2) is 29.7 Å². The van der Waals surface area contributed by atoms with E-state index in [-0.39, 0.29) is 17.7 Å². The van der Waals surface area contributed by atoms with Crippen LogP contribution in [0.2, 0.25) is 0 Å². The lowest BCUT2D eigenvalue weighted by atomic mass is 10.1. The van der Waals surface area contributed by atoms with Gasteiger partial charge in [0.1, 0.15) is 5.76 Å². The number of ketones is 1. The van der Waals surface area contributed by atoms with Gasteiger partial charge < -0.3 is 9.73 Å². The lowest BCUT2D eigenvalue weighted by Gasteiger charge is -2.22. The van der Waals surface area contributed by atoms with Crippen LogP contribution in [0, 0.1) is 0 Å². The number of Topliss-reactive ketones (excluding diaryl/α,β-unsaturated/α-hetero) is 1. The largest absolute Gasteiger partial charge is 0.468 e. The second kappa shape index (κ2) is 7.04. The highest BCUT2D eigenvalue weighted by atomic mass is 16.3. The van der Waals surface area contributed by atoms with Gasteiger partial charge in [-0.05, 0) is 57.3 Å². The molecule has 1 aromatic heterocycles. The Hall–Kier alpha value is -2.40. The fourth-order valence-electron chi connectivity index (χ4n) is 2.02. The summed E-state index contributed by atoms with van der Waals surface area (Å²) in [6, 6.07) is 10.3. The van der Waals surface area contributed by atoms with Crippen molar-refractivity contribution < 1.29 is 14.0 Å². The summed E-state index contributed by atoms with van der Waals surface area (Å²) in [5.74, 6) is 0.710. The van der Waals surface area contributed by atoms with E-state index < -0.39 is 0 Å². The van der Waals surface area contributed by atoms with Crippen molar-refractivity contribution in [3.63, 3.8) is 0 Å². The van der Waals surface area contributed by atoms with Gasteiger partial charge in [0, 0.05) is 11.3 Å². The minimum Gasteiger partial charge on any atom is -0.468 e. The number of hydrogen-bond acceptors (Lipinski definition) is 4. The van der Waals surface area contributed by atoms with Gasteiger partial charge in [0.15, 0.2) is 5.78 Å². The van der Waals surface area contributed by atoms with Crippen LogP contribution in [0.25, 0.3) is 0 Å². The van der Waals surface area contributed by atoms with Crippen molar-refractivity contribution in [2.45, 2.75) is 26.4 Å². The van der Waals surface area contributed by atoms with Gasteiger partial charge >= 0.3 is 0 Å². The van der Waals surface area contributed by atoms with Gasteiger partial charge in [0.25, 0.3) is 0 Å². The molecule has 1 aromatic carbocycles. The number of rotatable bonds is 6. The Morgan fingerprint density at radius 3 is 2.45 bits per heavy atom. The second-order valence-corrected chi connectivity index (χ2v) is 5.29. The Morgan fingerprint density at radius 2 is 1.91 bits per heavy atom. The molecule has 1 amide bonds. The summed E-state index contributed by atoms with van der Waals surface area (Å²) in [7, 11) is 1.87. The molecule has 2 aromatic rings. The Kier molecular flexibility index (Phi) is 5.12. The standard InChI is InChI=1S/C17H20N2O3/c1-12(19(3)11-16-5-4-10-22-16)17(21)18-15-8-6-14(7-9-15)13(2)20/h4-10,12H,11H2,1-3H3,(H,18,21)/t12-/m0/s1. The zero-order chi connectivity index (χ0) is 16.1. The van der Waals surface area contributed by atoms with Crippen LogP contribution in [0.3, 0.4) is 0 Å². The van der Waals surface area contributed by atoms with E-state index in [9.17, 15) is 9.59 Å². The normalized spacial score (nSPS) is 12.2. The SMILES string of the molecule is CC(=O)c1ccc(NC(=O)[C@H](C)N(C)Cc2ccco2)cc1. The monoisotopic (exact) mass is 300 g/mol. The summed E-state index contributed by atoms with van der Waals surface area (Å²) >= 11 is 0. The third-order valence-corrected chi connectivity index (χ3v) is 3.58. The molecule has 1 N–H and O–H groups in total. The van der Waals surface area contributed by atoms with E-state index in [4.69, 9.17) is 4.42 Å². The molecule has 5 nitrogen and oxygen atoms in total. The molecule has 116 valence electrons. The molecule has 0 aliphatic heterocycles. The summed E-state index contributed by atoms with van der Waals surface area (Å²) in [5.41, 5.74) is 1.30. The van der Waals surface area contributed by atoms with Crippen molar-refractivity contribution in [2.24, 2.45) is 0 Å². The molecule has 0 fully saturated rings. The Labute approximate surface area is 129 Å². The van der Waals surface area contributed by atoms with E-state index in [1.807, 2.05) is 31.0 Å². The molecule has 1 atom stereocenters. The maximum absolute atomic E-state index is 12.3. The number of benzene rings is 1. The van der Waals surface area contributed by atoms with Gasteiger partial charge in [-0.1, -0.05) is 0 Å². The minimum atomic E-state index is -0.308. The van der Waals surface area contributed by atoms with Crippen LogP contribution in [0.15, 0.2) is 47.1 Å². The number of amides is 1. The number of hydrogen-bond donors (Lipinski definition) is 1. The lowest BCUT2D eigenvalue weighted by molar-refractivity contribution is -0.120. The van der Waals surface area contributed by atoms with Crippen LogP contribution in [0.5, 0.6) is 0 Å². The van der Waals surface area contributed by atoms with Crippen molar-refractivity contribution in [3.8, 4) is 0 Å². The average Bonchev–Trinajstić information content (AvgIpc) is 2.99. The summed E-state index contributed by atoms with van der Waals surface area (Å²) in [6.45, 7) is 3.91. The van der Waals surface area contributed by atoms with Gasteiger partial charge in [-0.15, -0.1) is 0 Å². The second-order valence-electron chi connectivity index (χ2n) is 5.29. The fourth-order valence-corrected chi connectivity index (χ4v) is 2.02. The lowest BCUT2D eigenvalue weighted by Crippen LogP contribution is -2.39. The third-order valence-electron chi connectivity index (χ3n) is 3.58. The number of likely N-dealkylation sites (N-methyl/N-ethyl adjacent to an activating group) is 1. The number of carbonyl (C=O) groups is 2. The van der Waals surface area contributed by atoms with Gasteiger partial charge in [0.2, 0.25) is 5.91 Å². The van der Waals surface area contributed by atoms with Crippen molar-refractivity contribution in [1.29, 1.82) is 0 Å². The van der Waals surface area contributed by atoms with Crippen molar-refractivity contribution in [1.82, 2.24) is 4.90 Å². The minimum absolute atomic E-state index is 0.00410. The highest BCUT2D eigenvalue weighted by Crippen LogP contribution is 2.12. The number of anilines is 1. The topological polar surface area (TPSA) is 62.6 Å². The number of nitrogens with zero attached hydrogens (tertiary/aromatic N) is 1. The molecule has 0 aliphatic carbocycles. The highest BCUT2D eigenvalue weighted by molar-refractivity contribution is 5.96. The molecular weight excluding hydrogens is 280 g/mol. The van der Waals surface area contributed by atoms with Crippen LogP contribution < -0.4 is 5.32 Å². The molecule has 0 saturated heterocycles. The number of nitrogens with one attached hydrogen (secondary N) is 1. The van der Waals surface area contributed by atoms with E-state index in [1.54, 1.807) is 30.5 Å². The Morgan fingerprint density at radius 1 is 1.23 bits per heavy atom. The zero-order valence-corrected chi connectivity index (χ0v) is 13.0. The molecule has 2 rings (SSSR count). The molecule has 0 saturated carbocycles.